The lowest BCUT2D eigenvalue weighted by Crippen LogP contribution is -2.36. The first-order valence-electron chi connectivity index (χ1n) is 10.2. The Morgan fingerprint density at radius 1 is 1.06 bits per heavy atom. The number of aryl methyl sites for hydroxylation is 1. The second-order valence-corrected chi connectivity index (χ2v) is 8.81. The van der Waals surface area contributed by atoms with Gasteiger partial charge in [0.25, 0.3) is 10.0 Å². The van der Waals surface area contributed by atoms with Gasteiger partial charge < -0.3 is 13.9 Å². The van der Waals surface area contributed by atoms with Crippen LogP contribution in [0.2, 0.25) is 0 Å². The average molecular weight is 460 g/mol. The number of hydrogen-bond acceptors (Lipinski definition) is 7. The molecule has 0 N–H and O–H groups in total. The maximum absolute atomic E-state index is 13.5. The molecule has 0 unspecified atom stereocenters. The Morgan fingerprint density at radius 3 is 2.34 bits per heavy atom. The van der Waals surface area contributed by atoms with Crippen LogP contribution in [0.3, 0.4) is 0 Å². The van der Waals surface area contributed by atoms with E-state index in [4.69, 9.17) is 13.9 Å². The lowest BCUT2D eigenvalue weighted by Gasteiger charge is -2.23. The molecule has 0 aliphatic rings. The Kier molecular flexibility index (Phi) is 6.88. The highest BCUT2D eigenvalue weighted by Crippen LogP contribution is 2.33. The van der Waals surface area contributed by atoms with Crippen molar-refractivity contribution in [2.75, 3.05) is 18.0 Å². The quantitative estimate of drug-likeness (QED) is 0.459. The summed E-state index contributed by atoms with van der Waals surface area (Å²) >= 11 is 0. The molecule has 0 saturated carbocycles. The Bertz CT molecular complexity index is 1240. The van der Waals surface area contributed by atoms with Crippen LogP contribution in [0.15, 0.2) is 51.8 Å². The highest BCUT2D eigenvalue weighted by molar-refractivity contribution is 7.93. The van der Waals surface area contributed by atoms with Crippen LogP contribution in [-0.4, -0.2) is 34.0 Å². The normalized spacial score (nSPS) is 11.4. The third kappa shape index (κ3) is 4.34. The zero-order valence-electron chi connectivity index (χ0n) is 18.4. The summed E-state index contributed by atoms with van der Waals surface area (Å²) in [6.07, 6.45) is 0.497. The number of esters is 1. The van der Waals surface area contributed by atoms with Crippen LogP contribution in [0.4, 0.5) is 5.69 Å². The highest BCUT2D eigenvalue weighted by Gasteiger charge is 2.31. The molecule has 3 rings (SSSR count). The molecule has 0 bridgehead atoms. The van der Waals surface area contributed by atoms with E-state index >= 15 is 0 Å². The van der Waals surface area contributed by atoms with E-state index in [-0.39, 0.29) is 29.2 Å². The predicted octanol–water partition coefficient (Wildman–Crippen LogP) is 4.45. The van der Waals surface area contributed by atoms with Gasteiger partial charge in [-0.3, -0.25) is 4.79 Å². The lowest BCUT2D eigenvalue weighted by molar-refractivity contribution is -0.117. The Labute approximate surface area is 186 Å². The molecule has 32 heavy (non-hydrogen) atoms. The smallest absolute Gasteiger partial charge is 0.342 e. The first-order chi connectivity index (χ1) is 15.2. The fourth-order valence-corrected chi connectivity index (χ4v) is 4.82. The molecule has 0 radical (unpaired) electrons. The van der Waals surface area contributed by atoms with Gasteiger partial charge in [0, 0.05) is 11.8 Å². The van der Waals surface area contributed by atoms with Crippen molar-refractivity contribution < 1.29 is 31.9 Å². The van der Waals surface area contributed by atoms with Gasteiger partial charge in [-0.25, -0.2) is 17.5 Å². The van der Waals surface area contributed by atoms with Gasteiger partial charge in [-0.2, -0.15) is 0 Å². The molecule has 0 atom stereocenters. The summed E-state index contributed by atoms with van der Waals surface area (Å²) in [5.41, 5.74) is 0.700. The fourth-order valence-electron chi connectivity index (χ4n) is 3.38. The molecule has 0 spiro atoms. The highest BCUT2D eigenvalue weighted by atomic mass is 32.2. The number of anilines is 1. The summed E-state index contributed by atoms with van der Waals surface area (Å²) < 4.78 is 43.5. The minimum atomic E-state index is -4.22. The number of carbonyl (C=O) groups excluding carboxylic acids is 2. The third-order valence-electron chi connectivity index (χ3n) is 4.85. The minimum Gasteiger partial charge on any atom is -0.497 e. The standard InChI is InChI=1S/C23H25NO7S/c1-5-7-21(25)24(32(27,28)18-11-9-17(29-4)10-12-18)16-8-13-20-19(14-16)22(15(3)31-20)23(26)30-6-2/h8-14H,5-7H2,1-4H3. The molecule has 3 aromatic rings. The third-order valence-corrected chi connectivity index (χ3v) is 6.61. The molecule has 0 aliphatic heterocycles. The molecular formula is C23H25NO7S. The maximum atomic E-state index is 13.5. The second-order valence-electron chi connectivity index (χ2n) is 7.02. The number of hydrogen-bond donors (Lipinski definition) is 0. The van der Waals surface area contributed by atoms with Crippen LogP contribution in [0.5, 0.6) is 5.75 Å². The van der Waals surface area contributed by atoms with Crippen LogP contribution in [0.25, 0.3) is 11.0 Å². The summed E-state index contributed by atoms with van der Waals surface area (Å²) in [5, 5.41) is 0.373. The molecular weight excluding hydrogens is 434 g/mol. The van der Waals surface area contributed by atoms with Crippen molar-refractivity contribution in [2.45, 2.75) is 38.5 Å². The van der Waals surface area contributed by atoms with Gasteiger partial charge in [-0.1, -0.05) is 6.92 Å². The maximum Gasteiger partial charge on any atom is 0.342 e. The van der Waals surface area contributed by atoms with Gasteiger partial charge >= 0.3 is 5.97 Å². The molecule has 1 aromatic heterocycles. The van der Waals surface area contributed by atoms with Crippen molar-refractivity contribution in [3.63, 3.8) is 0 Å². The zero-order chi connectivity index (χ0) is 23.5. The van der Waals surface area contributed by atoms with Gasteiger partial charge in [-0.15, -0.1) is 0 Å². The van der Waals surface area contributed by atoms with Gasteiger partial charge in [0.1, 0.15) is 22.7 Å². The van der Waals surface area contributed by atoms with Crippen molar-refractivity contribution in [1.82, 2.24) is 0 Å². The number of rotatable bonds is 8. The summed E-state index contributed by atoms with van der Waals surface area (Å²) in [4.78, 5) is 25.3. The molecule has 9 heteroatoms. The average Bonchev–Trinajstić information content (AvgIpc) is 3.09. The zero-order valence-corrected chi connectivity index (χ0v) is 19.2. The van der Waals surface area contributed by atoms with Crippen LogP contribution < -0.4 is 9.04 Å². The number of nitrogens with zero attached hydrogens (tertiary/aromatic N) is 1. The Hall–Kier alpha value is -3.33. The number of amides is 1. The minimum absolute atomic E-state index is 0.0303. The monoisotopic (exact) mass is 459 g/mol. The number of ether oxygens (including phenoxy) is 2. The van der Waals surface area contributed by atoms with E-state index < -0.39 is 21.9 Å². The van der Waals surface area contributed by atoms with Crippen LogP contribution >= 0.6 is 0 Å². The van der Waals surface area contributed by atoms with Crippen molar-refractivity contribution >= 4 is 38.6 Å². The van der Waals surface area contributed by atoms with Crippen LogP contribution in [0.1, 0.15) is 42.8 Å². The SMILES string of the molecule is CCCC(=O)N(c1ccc2oc(C)c(C(=O)OCC)c2c1)S(=O)(=O)c1ccc(OC)cc1. The van der Waals surface area contributed by atoms with E-state index in [1.54, 1.807) is 20.8 Å². The predicted molar refractivity (Wildman–Crippen MR) is 119 cm³/mol. The number of furan rings is 1. The first kappa shape index (κ1) is 23.3. The number of sulfonamides is 1. The Balaban J connectivity index is 2.18. The van der Waals surface area contributed by atoms with E-state index in [1.165, 1.54) is 49.6 Å². The Morgan fingerprint density at radius 2 is 1.75 bits per heavy atom. The summed E-state index contributed by atoms with van der Waals surface area (Å²) in [7, 11) is -2.75. The molecule has 0 aliphatic carbocycles. The topological polar surface area (TPSA) is 103 Å². The van der Waals surface area contributed by atoms with E-state index in [9.17, 15) is 18.0 Å². The van der Waals surface area contributed by atoms with Gasteiger partial charge in [-0.05, 0) is 62.7 Å². The molecule has 8 nitrogen and oxygen atoms in total. The molecule has 0 saturated heterocycles. The van der Waals surface area contributed by atoms with Gasteiger partial charge in [0.05, 0.1) is 24.3 Å². The number of methoxy groups -OCH3 is 1. The lowest BCUT2D eigenvalue weighted by atomic mass is 10.1. The molecule has 0 fully saturated rings. The van der Waals surface area contributed by atoms with E-state index in [0.29, 0.717) is 28.9 Å². The molecule has 2 aromatic carbocycles. The number of carbonyl (C=O) groups is 2. The van der Waals surface area contributed by atoms with Crippen LogP contribution in [0, 0.1) is 6.92 Å². The van der Waals surface area contributed by atoms with Crippen molar-refractivity contribution in [3.05, 3.63) is 53.8 Å². The summed E-state index contributed by atoms with van der Waals surface area (Å²) in [6, 6.07) is 10.3. The summed E-state index contributed by atoms with van der Waals surface area (Å²) in [6.45, 7) is 5.28. The van der Waals surface area contributed by atoms with E-state index in [0.717, 1.165) is 4.31 Å². The second kappa shape index (κ2) is 9.44. The van der Waals surface area contributed by atoms with Gasteiger partial charge in [0.15, 0.2) is 0 Å². The van der Waals surface area contributed by atoms with Crippen molar-refractivity contribution in [1.29, 1.82) is 0 Å². The number of benzene rings is 2. The van der Waals surface area contributed by atoms with E-state index in [1.807, 2.05) is 0 Å². The summed E-state index contributed by atoms with van der Waals surface area (Å²) in [5.74, 6) is -0.323. The molecule has 170 valence electrons. The van der Waals surface area contributed by atoms with Gasteiger partial charge in [0.2, 0.25) is 5.91 Å². The number of fused-ring (bicyclic) bond motifs is 1. The fraction of sp³-hybridized carbons (Fsp3) is 0.304. The largest absolute Gasteiger partial charge is 0.497 e. The molecule has 1 heterocycles. The van der Waals surface area contributed by atoms with Crippen molar-refractivity contribution in [3.8, 4) is 5.75 Å². The molecule has 1 amide bonds. The van der Waals surface area contributed by atoms with Crippen LogP contribution in [-0.2, 0) is 19.6 Å². The first-order valence-corrected chi connectivity index (χ1v) is 11.6. The van der Waals surface area contributed by atoms with E-state index in [2.05, 4.69) is 0 Å². The van der Waals surface area contributed by atoms with Crippen molar-refractivity contribution in [2.24, 2.45) is 0 Å².